The molecule has 0 aliphatic rings. The van der Waals surface area contributed by atoms with E-state index in [9.17, 15) is 18.0 Å². The van der Waals surface area contributed by atoms with Crippen molar-refractivity contribution in [1.82, 2.24) is 10.2 Å². The molecule has 2 amide bonds. The number of rotatable bonds is 14. The summed E-state index contributed by atoms with van der Waals surface area (Å²) in [6, 6.07) is 17.2. The molecule has 1 N–H and O–H groups in total. The van der Waals surface area contributed by atoms with Crippen molar-refractivity contribution in [3.05, 3.63) is 82.9 Å². The van der Waals surface area contributed by atoms with E-state index in [2.05, 4.69) is 5.32 Å². The summed E-state index contributed by atoms with van der Waals surface area (Å²) >= 11 is 6.11. The molecule has 232 valence electrons. The Morgan fingerprint density at radius 3 is 2.19 bits per heavy atom. The van der Waals surface area contributed by atoms with Crippen LogP contribution >= 0.6 is 11.6 Å². The maximum atomic E-state index is 14.2. The fourth-order valence-corrected chi connectivity index (χ4v) is 6.11. The molecule has 0 fully saturated rings. The molecule has 0 heterocycles. The van der Waals surface area contributed by atoms with Crippen LogP contribution in [0, 0.1) is 12.8 Å². The highest BCUT2D eigenvalue weighted by molar-refractivity contribution is 7.92. The number of carbonyl (C=O) groups is 2. The summed E-state index contributed by atoms with van der Waals surface area (Å²) in [4.78, 5) is 29.0. The second-order valence-electron chi connectivity index (χ2n) is 10.5. The molecule has 3 rings (SSSR count). The molecule has 0 aliphatic carbocycles. The number of ether oxygens (including phenoxy) is 2. The second kappa shape index (κ2) is 15.1. The Labute approximate surface area is 259 Å². The Morgan fingerprint density at radius 1 is 0.953 bits per heavy atom. The molecule has 1 atom stereocenters. The second-order valence-corrected chi connectivity index (χ2v) is 12.8. The first-order valence-electron chi connectivity index (χ1n) is 14.0. The van der Waals surface area contributed by atoms with Crippen molar-refractivity contribution in [1.29, 1.82) is 0 Å². The molecule has 0 spiro atoms. The third kappa shape index (κ3) is 8.42. The predicted molar refractivity (Wildman–Crippen MR) is 169 cm³/mol. The van der Waals surface area contributed by atoms with E-state index in [1.54, 1.807) is 12.1 Å². The molecule has 11 heteroatoms. The van der Waals surface area contributed by atoms with E-state index in [1.165, 1.54) is 49.5 Å². The lowest BCUT2D eigenvalue weighted by Gasteiger charge is -2.33. The molecule has 43 heavy (non-hydrogen) atoms. The van der Waals surface area contributed by atoms with Crippen molar-refractivity contribution in [2.75, 3.05) is 31.6 Å². The molecule has 0 aliphatic heterocycles. The topological polar surface area (TPSA) is 105 Å². The Kier molecular flexibility index (Phi) is 11.9. The van der Waals surface area contributed by atoms with Crippen LogP contribution in [0.5, 0.6) is 11.5 Å². The van der Waals surface area contributed by atoms with Gasteiger partial charge in [0.2, 0.25) is 11.8 Å². The van der Waals surface area contributed by atoms with Crippen LogP contribution in [0.15, 0.2) is 71.6 Å². The molecule has 3 aromatic rings. The lowest BCUT2D eigenvalue weighted by Crippen LogP contribution is -2.52. The summed E-state index contributed by atoms with van der Waals surface area (Å²) in [7, 11) is -1.44. The average molecular weight is 630 g/mol. The van der Waals surface area contributed by atoms with Gasteiger partial charge >= 0.3 is 0 Å². The maximum Gasteiger partial charge on any atom is 0.264 e. The van der Waals surface area contributed by atoms with Crippen molar-refractivity contribution in [3.8, 4) is 11.5 Å². The molecule has 3 aromatic carbocycles. The van der Waals surface area contributed by atoms with Crippen LogP contribution in [0.4, 0.5) is 5.69 Å². The zero-order valence-corrected chi connectivity index (χ0v) is 27.0. The fourth-order valence-electron chi connectivity index (χ4n) is 4.55. The smallest absolute Gasteiger partial charge is 0.264 e. The van der Waals surface area contributed by atoms with Gasteiger partial charge in [0.25, 0.3) is 10.0 Å². The fraction of sp³-hybridized carbons (Fsp3) is 0.375. The summed E-state index contributed by atoms with van der Waals surface area (Å²) in [5, 5.41) is 3.34. The predicted octanol–water partition coefficient (Wildman–Crippen LogP) is 5.44. The standard InChI is InChI=1S/C32H40ClN3O6S/c1-7-28(32(38)34-19-22(2)3)35(20-24-11-9-8-10-23(24)4)31(37)21-36(26-14-12-25(33)13-15-26)43(39,40)27-16-17-29(41-5)30(18-27)42-6/h8-18,22,28H,7,19-21H2,1-6H3,(H,34,38)/t28-/m0/s1. The quantitative estimate of drug-likeness (QED) is 0.255. The lowest BCUT2D eigenvalue weighted by molar-refractivity contribution is -0.140. The molecule has 0 saturated heterocycles. The van der Waals surface area contributed by atoms with Crippen LogP contribution in [-0.2, 0) is 26.2 Å². The van der Waals surface area contributed by atoms with Crippen molar-refractivity contribution < 1.29 is 27.5 Å². The van der Waals surface area contributed by atoms with E-state index in [0.717, 1.165) is 15.4 Å². The van der Waals surface area contributed by atoms with Gasteiger partial charge in [-0.2, -0.15) is 0 Å². The number of halogens is 1. The van der Waals surface area contributed by atoms with Gasteiger partial charge in [0.15, 0.2) is 11.5 Å². The molecule has 0 unspecified atom stereocenters. The summed E-state index contributed by atoms with van der Waals surface area (Å²) in [5.41, 5.74) is 2.04. The van der Waals surface area contributed by atoms with Gasteiger partial charge < -0.3 is 19.7 Å². The Morgan fingerprint density at radius 2 is 1.60 bits per heavy atom. The normalized spacial score (nSPS) is 12.0. The Balaban J connectivity index is 2.09. The van der Waals surface area contributed by atoms with Crippen LogP contribution < -0.4 is 19.1 Å². The third-order valence-corrected chi connectivity index (χ3v) is 9.03. The summed E-state index contributed by atoms with van der Waals surface area (Å²) < 4.78 is 39.9. The van der Waals surface area contributed by atoms with Gasteiger partial charge in [-0.3, -0.25) is 13.9 Å². The first-order chi connectivity index (χ1) is 20.4. The number of nitrogens with zero attached hydrogens (tertiary/aromatic N) is 2. The minimum Gasteiger partial charge on any atom is -0.493 e. The van der Waals surface area contributed by atoms with Gasteiger partial charge in [-0.15, -0.1) is 0 Å². The van der Waals surface area contributed by atoms with Crippen molar-refractivity contribution in [3.63, 3.8) is 0 Å². The average Bonchev–Trinajstić information content (AvgIpc) is 2.99. The summed E-state index contributed by atoms with van der Waals surface area (Å²) in [5.74, 6) is -0.0279. The Hall–Kier alpha value is -3.76. The van der Waals surface area contributed by atoms with Gasteiger partial charge in [-0.05, 0) is 66.8 Å². The first kappa shape index (κ1) is 33.7. The van der Waals surface area contributed by atoms with E-state index in [1.807, 2.05) is 52.0 Å². The van der Waals surface area contributed by atoms with Gasteiger partial charge in [-0.1, -0.05) is 56.6 Å². The van der Waals surface area contributed by atoms with Gasteiger partial charge in [0, 0.05) is 24.2 Å². The van der Waals surface area contributed by atoms with Gasteiger partial charge in [0.05, 0.1) is 24.8 Å². The summed E-state index contributed by atoms with van der Waals surface area (Å²) in [6.07, 6.45) is 0.338. The van der Waals surface area contributed by atoms with E-state index in [0.29, 0.717) is 23.7 Å². The number of anilines is 1. The van der Waals surface area contributed by atoms with E-state index in [4.69, 9.17) is 21.1 Å². The molecule has 9 nitrogen and oxygen atoms in total. The number of nitrogens with one attached hydrogen (secondary N) is 1. The molecule has 0 radical (unpaired) electrons. The first-order valence-corrected chi connectivity index (χ1v) is 15.9. The minimum atomic E-state index is -4.30. The van der Waals surface area contributed by atoms with Crippen LogP contribution in [0.2, 0.25) is 5.02 Å². The number of amides is 2. The number of benzene rings is 3. The number of sulfonamides is 1. The molecule has 0 saturated carbocycles. The van der Waals surface area contributed by atoms with Gasteiger partial charge in [-0.25, -0.2) is 8.42 Å². The molecular weight excluding hydrogens is 590 g/mol. The SMILES string of the molecule is CC[C@@H](C(=O)NCC(C)C)N(Cc1ccccc1C)C(=O)CN(c1ccc(Cl)cc1)S(=O)(=O)c1ccc(OC)c(OC)c1. The van der Waals surface area contributed by atoms with Crippen molar-refractivity contribution in [2.24, 2.45) is 5.92 Å². The van der Waals surface area contributed by atoms with Crippen LogP contribution in [-0.4, -0.2) is 58.5 Å². The highest BCUT2D eigenvalue weighted by atomic mass is 35.5. The Bertz CT molecular complexity index is 1510. The van der Waals surface area contributed by atoms with E-state index in [-0.39, 0.29) is 34.7 Å². The van der Waals surface area contributed by atoms with Crippen LogP contribution in [0.25, 0.3) is 0 Å². The number of hydrogen-bond acceptors (Lipinski definition) is 6. The zero-order valence-electron chi connectivity index (χ0n) is 25.5. The summed E-state index contributed by atoms with van der Waals surface area (Å²) in [6.45, 7) is 7.75. The van der Waals surface area contributed by atoms with Crippen LogP contribution in [0.1, 0.15) is 38.3 Å². The van der Waals surface area contributed by atoms with Crippen molar-refractivity contribution in [2.45, 2.75) is 51.6 Å². The number of hydrogen-bond donors (Lipinski definition) is 1. The monoisotopic (exact) mass is 629 g/mol. The highest BCUT2D eigenvalue weighted by Gasteiger charge is 2.34. The minimum absolute atomic E-state index is 0.0972. The van der Waals surface area contributed by atoms with Crippen LogP contribution in [0.3, 0.4) is 0 Å². The number of aryl methyl sites for hydroxylation is 1. The lowest BCUT2D eigenvalue weighted by atomic mass is 10.1. The number of methoxy groups -OCH3 is 2. The van der Waals surface area contributed by atoms with Crippen molar-refractivity contribution >= 4 is 39.1 Å². The zero-order chi connectivity index (χ0) is 31.7. The molecular formula is C32H40ClN3O6S. The van der Waals surface area contributed by atoms with E-state index < -0.39 is 28.5 Å². The number of carbonyl (C=O) groups excluding carboxylic acids is 2. The third-order valence-electron chi connectivity index (χ3n) is 7.01. The molecule has 0 aromatic heterocycles. The molecule has 0 bridgehead atoms. The van der Waals surface area contributed by atoms with E-state index >= 15 is 0 Å². The van der Waals surface area contributed by atoms with Gasteiger partial charge in [0.1, 0.15) is 12.6 Å². The largest absolute Gasteiger partial charge is 0.493 e. The highest BCUT2D eigenvalue weighted by Crippen LogP contribution is 2.33. The maximum absolute atomic E-state index is 14.2.